The quantitative estimate of drug-likeness (QED) is 0.559. The number of hydrogen-bond donors (Lipinski definition) is 0. The highest BCUT2D eigenvalue weighted by Gasteiger charge is 2.49. The molecule has 0 amide bonds. The largest absolute Gasteiger partial charge is 1.00 e. The Kier molecular flexibility index (Phi) is 4.30. The highest BCUT2D eigenvalue weighted by Crippen LogP contribution is 2.55. The summed E-state index contributed by atoms with van der Waals surface area (Å²) in [5.74, 6) is -0.581. The first kappa shape index (κ1) is 15.6. The average molecular weight is 325 g/mol. The van der Waals surface area contributed by atoms with Crippen LogP contribution in [-0.4, -0.2) is 0 Å². The molecule has 1 aromatic heterocycles. The minimum absolute atomic E-state index is 0. The number of halogens is 5. The summed E-state index contributed by atoms with van der Waals surface area (Å²) < 4.78 is 53.3. The Morgan fingerprint density at radius 2 is 1.70 bits per heavy atom. The second-order valence-electron chi connectivity index (χ2n) is 4.96. The Balaban J connectivity index is 0.00000147. The van der Waals surface area contributed by atoms with Crippen molar-refractivity contribution >= 4 is 20.6 Å². The van der Waals surface area contributed by atoms with Crippen LogP contribution in [0.4, 0.5) is 17.6 Å². The summed E-state index contributed by atoms with van der Waals surface area (Å²) >= 11 is 0. The topological polar surface area (TPSA) is 0 Å². The SMILES string of the molecule is Fc1ccc2cc(C3CCCC3)[s+](C(F)(F)F)c2c1.[Cl-]. The van der Waals surface area contributed by atoms with Crippen LogP contribution >= 0.6 is 10.5 Å². The van der Waals surface area contributed by atoms with Crippen molar-refractivity contribution < 1.29 is 30.0 Å². The van der Waals surface area contributed by atoms with Crippen LogP contribution in [0.25, 0.3) is 10.1 Å². The minimum Gasteiger partial charge on any atom is -1.00 e. The lowest BCUT2D eigenvalue weighted by molar-refractivity contribution is -0.0868. The highest BCUT2D eigenvalue weighted by molar-refractivity contribution is 7.38. The molecule has 1 aliphatic carbocycles. The van der Waals surface area contributed by atoms with Gasteiger partial charge < -0.3 is 12.4 Å². The maximum absolute atomic E-state index is 13.3. The molecule has 1 fully saturated rings. The van der Waals surface area contributed by atoms with Crippen molar-refractivity contribution in [2.24, 2.45) is 0 Å². The lowest BCUT2D eigenvalue weighted by atomic mass is 10.1. The number of thiophene rings is 1. The molecule has 1 aliphatic rings. The van der Waals surface area contributed by atoms with E-state index < -0.39 is 21.8 Å². The van der Waals surface area contributed by atoms with Gasteiger partial charge in [0.15, 0.2) is 9.58 Å². The van der Waals surface area contributed by atoms with E-state index in [9.17, 15) is 17.6 Å². The lowest BCUT2D eigenvalue weighted by Crippen LogP contribution is -3.00. The van der Waals surface area contributed by atoms with Gasteiger partial charge in [0.1, 0.15) is 5.82 Å². The van der Waals surface area contributed by atoms with Crippen molar-refractivity contribution in [2.45, 2.75) is 37.1 Å². The Morgan fingerprint density at radius 3 is 2.30 bits per heavy atom. The zero-order valence-corrected chi connectivity index (χ0v) is 12.1. The second kappa shape index (κ2) is 5.53. The van der Waals surface area contributed by atoms with Gasteiger partial charge in [-0.25, -0.2) is 4.39 Å². The van der Waals surface area contributed by atoms with Crippen LogP contribution in [0.2, 0.25) is 0 Å². The molecule has 3 rings (SSSR count). The number of rotatable bonds is 1. The lowest BCUT2D eigenvalue weighted by Gasteiger charge is -2.05. The zero-order valence-electron chi connectivity index (χ0n) is 10.5. The second-order valence-corrected chi connectivity index (χ2v) is 6.95. The van der Waals surface area contributed by atoms with Crippen molar-refractivity contribution in [3.05, 3.63) is 35.0 Å². The third-order valence-electron chi connectivity index (χ3n) is 3.72. The minimum atomic E-state index is -4.31. The molecule has 1 heterocycles. The molecular weight excluding hydrogens is 312 g/mol. The van der Waals surface area contributed by atoms with Gasteiger partial charge in [0.2, 0.25) is 0 Å². The van der Waals surface area contributed by atoms with Crippen LogP contribution < -0.4 is 12.4 Å². The van der Waals surface area contributed by atoms with Crippen LogP contribution in [0.15, 0.2) is 24.3 Å². The summed E-state index contributed by atoms with van der Waals surface area (Å²) in [5, 5.41) is 0.531. The number of alkyl halides is 3. The fourth-order valence-corrected chi connectivity index (χ4v) is 5.07. The Morgan fingerprint density at radius 1 is 1.05 bits per heavy atom. The van der Waals surface area contributed by atoms with E-state index in [0.717, 1.165) is 31.7 Å². The Hall–Kier alpha value is -0.810. The van der Waals surface area contributed by atoms with Gasteiger partial charge in [0.25, 0.3) is 0 Å². The van der Waals surface area contributed by atoms with Crippen molar-refractivity contribution in [1.82, 2.24) is 0 Å². The molecular formula is C14H13ClF4S. The van der Waals surface area contributed by atoms with E-state index in [1.54, 1.807) is 6.07 Å². The maximum Gasteiger partial charge on any atom is 0.600 e. The molecule has 1 aromatic carbocycles. The fraction of sp³-hybridized carbons (Fsp3) is 0.429. The van der Waals surface area contributed by atoms with Crippen LogP contribution in [0.5, 0.6) is 0 Å². The van der Waals surface area contributed by atoms with Crippen LogP contribution in [0, 0.1) is 5.82 Å². The van der Waals surface area contributed by atoms with E-state index in [1.165, 1.54) is 12.1 Å². The van der Waals surface area contributed by atoms with Crippen molar-refractivity contribution in [3.8, 4) is 0 Å². The molecule has 0 spiro atoms. The van der Waals surface area contributed by atoms with E-state index in [4.69, 9.17) is 0 Å². The molecule has 1 unspecified atom stereocenters. The van der Waals surface area contributed by atoms with E-state index in [0.29, 0.717) is 10.3 Å². The number of benzene rings is 1. The van der Waals surface area contributed by atoms with Gasteiger partial charge >= 0.3 is 5.51 Å². The molecule has 0 N–H and O–H groups in total. The van der Waals surface area contributed by atoms with Gasteiger partial charge in [-0.15, -0.1) is 13.2 Å². The first-order valence-electron chi connectivity index (χ1n) is 6.29. The van der Waals surface area contributed by atoms with E-state index in [2.05, 4.69) is 0 Å². The van der Waals surface area contributed by atoms with Crippen molar-refractivity contribution in [3.63, 3.8) is 0 Å². The smallest absolute Gasteiger partial charge is 0.600 e. The molecule has 1 atom stereocenters. The summed E-state index contributed by atoms with van der Waals surface area (Å²) in [6.45, 7) is 0. The van der Waals surface area contributed by atoms with E-state index in [-0.39, 0.29) is 23.0 Å². The van der Waals surface area contributed by atoms with E-state index >= 15 is 0 Å². The van der Waals surface area contributed by atoms with Gasteiger partial charge in [-0.3, -0.25) is 0 Å². The average Bonchev–Trinajstić information content (AvgIpc) is 2.92. The predicted octanol–water partition coefficient (Wildman–Crippen LogP) is 2.87. The van der Waals surface area contributed by atoms with Gasteiger partial charge in [0, 0.05) is 23.4 Å². The highest BCUT2D eigenvalue weighted by atomic mass is 35.5. The fourth-order valence-electron chi connectivity index (χ4n) is 2.90. The third-order valence-corrected chi connectivity index (χ3v) is 5.90. The maximum atomic E-state index is 13.3. The zero-order chi connectivity index (χ0) is 13.6. The molecule has 0 saturated heterocycles. The summed E-state index contributed by atoms with van der Waals surface area (Å²) in [6, 6.07) is 5.37. The summed E-state index contributed by atoms with van der Waals surface area (Å²) in [4.78, 5) is 0.464. The number of fused-ring (bicyclic) bond motifs is 1. The Bertz CT molecular complexity index is 611. The molecule has 0 aliphatic heterocycles. The monoisotopic (exact) mass is 324 g/mol. The van der Waals surface area contributed by atoms with Crippen molar-refractivity contribution in [1.29, 1.82) is 0 Å². The first-order valence-corrected chi connectivity index (χ1v) is 7.51. The van der Waals surface area contributed by atoms with E-state index in [1.807, 2.05) is 0 Å². The summed E-state index contributed by atoms with van der Waals surface area (Å²) in [7, 11) is -1.94. The summed E-state index contributed by atoms with van der Waals surface area (Å²) in [6.07, 6.45) is 3.62. The Labute approximate surface area is 123 Å². The first-order chi connectivity index (χ1) is 8.97. The molecule has 6 heteroatoms. The predicted molar refractivity (Wildman–Crippen MR) is 68.9 cm³/mol. The molecule has 1 saturated carbocycles. The van der Waals surface area contributed by atoms with Crippen LogP contribution in [0.3, 0.4) is 0 Å². The van der Waals surface area contributed by atoms with Gasteiger partial charge in [-0.1, -0.05) is 12.8 Å². The molecule has 0 bridgehead atoms. The standard InChI is InChI=1S/C14H13F4S.ClH/c15-11-6-5-10-7-12(9-3-1-2-4-9)19(13(10)8-11)14(16,17)18;/h5-9H,1-4H2;1H/q+1;/p-1. The van der Waals surface area contributed by atoms with Gasteiger partial charge in [-0.2, -0.15) is 0 Å². The van der Waals surface area contributed by atoms with Crippen LogP contribution in [0.1, 0.15) is 36.5 Å². The van der Waals surface area contributed by atoms with Gasteiger partial charge in [-0.05, 0) is 25.0 Å². The van der Waals surface area contributed by atoms with Crippen molar-refractivity contribution in [2.75, 3.05) is 0 Å². The van der Waals surface area contributed by atoms with Crippen LogP contribution in [-0.2, 0) is 5.51 Å². The summed E-state index contributed by atoms with van der Waals surface area (Å²) in [5.41, 5.74) is -4.31. The normalized spacial score (nSPS) is 17.5. The van der Waals surface area contributed by atoms with Gasteiger partial charge in [0.05, 0.1) is 10.5 Å². The number of hydrogen-bond acceptors (Lipinski definition) is 0. The molecule has 110 valence electrons. The molecule has 0 radical (unpaired) electrons. The molecule has 20 heavy (non-hydrogen) atoms. The molecule has 0 nitrogen and oxygen atoms in total. The third kappa shape index (κ3) is 2.66. The molecule has 2 aromatic rings.